The number of pyridine rings is 1. The number of allylic oxidation sites excluding steroid dienone is 1. The number of hydrogen-bond donors (Lipinski definition) is 3. The highest BCUT2D eigenvalue weighted by atomic mass is 19.3. The Balaban J connectivity index is 2.00. The molecule has 3 N–H and O–H groups in total. The molecule has 0 bridgehead atoms. The fourth-order valence-electron chi connectivity index (χ4n) is 2.54. The molecule has 2 aromatic heterocycles. The average molecular weight is 428 g/mol. The molecule has 3 rings (SSSR count). The maximum Gasteiger partial charge on any atom is 0.280 e. The van der Waals surface area contributed by atoms with Crippen LogP contribution < -0.4 is 10.8 Å². The van der Waals surface area contributed by atoms with Crippen LogP contribution in [0.4, 0.5) is 35.1 Å². The van der Waals surface area contributed by atoms with E-state index in [4.69, 9.17) is 4.84 Å². The molecular formula is C18H20F4N6O2. The van der Waals surface area contributed by atoms with Gasteiger partial charge in [0.1, 0.15) is 5.83 Å². The molecule has 0 saturated carbocycles. The summed E-state index contributed by atoms with van der Waals surface area (Å²) < 4.78 is 55.0. The largest absolute Gasteiger partial charge is 0.380 e. The molecule has 0 aliphatic heterocycles. The summed E-state index contributed by atoms with van der Waals surface area (Å²) in [5.74, 6) is -6.30. The molecule has 0 amide bonds. The Morgan fingerprint density at radius 2 is 1.87 bits per heavy atom. The van der Waals surface area contributed by atoms with E-state index in [9.17, 15) is 22.7 Å². The minimum Gasteiger partial charge on any atom is -0.380 e. The number of nitrogens with one attached hydrogen (secondary N) is 2. The highest BCUT2D eigenvalue weighted by molar-refractivity contribution is 5.66. The van der Waals surface area contributed by atoms with Crippen molar-refractivity contribution in [3.63, 3.8) is 0 Å². The van der Waals surface area contributed by atoms with Crippen molar-refractivity contribution in [2.75, 3.05) is 10.8 Å². The third kappa shape index (κ3) is 5.19. The number of aliphatic hydroxyl groups is 1. The lowest BCUT2D eigenvalue weighted by atomic mass is 9.92. The van der Waals surface area contributed by atoms with Crippen LogP contribution in [0.25, 0.3) is 5.57 Å². The first-order valence-electron chi connectivity index (χ1n) is 8.98. The van der Waals surface area contributed by atoms with Crippen LogP contribution in [0.5, 0.6) is 0 Å². The smallest absolute Gasteiger partial charge is 0.280 e. The van der Waals surface area contributed by atoms with E-state index in [0.29, 0.717) is 0 Å². The van der Waals surface area contributed by atoms with E-state index in [0.717, 1.165) is 6.07 Å². The van der Waals surface area contributed by atoms with Gasteiger partial charge >= 0.3 is 0 Å². The van der Waals surface area contributed by atoms with Crippen LogP contribution in [-0.2, 0) is 4.84 Å². The molecule has 0 fully saturated rings. The van der Waals surface area contributed by atoms with Gasteiger partial charge in [-0.25, -0.2) is 23.6 Å². The topological polar surface area (TPSA) is 105 Å². The molecule has 0 spiro atoms. The number of alkyl halides is 2. The van der Waals surface area contributed by atoms with Gasteiger partial charge in [-0.1, -0.05) is 0 Å². The van der Waals surface area contributed by atoms with Crippen LogP contribution in [-0.4, -0.2) is 42.7 Å². The van der Waals surface area contributed by atoms with Gasteiger partial charge < -0.3 is 10.4 Å². The first-order chi connectivity index (χ1) is 13.9. The first-order valence-corrected chi connectivity index (χ1v) is 8.98. The molecule has 1 unspecified atom stereocenters. The van der Waals surface area contributed by atoms with Gasteiger partial charge in [-0.2, -0.15) is 19.3 Å². The Morgan fingerprint density at radius 3 is 2.53 bits per heavy atom. The molecule has 2 aromatic rings. The molecule has 0 aromatic carbocycles. The van der Waals surface area contributed by atoms with E-state index in [-0.39, 0.29) is 29.0 Å². The number of aliphatic hydroxyl groups excluding tert-OH is 1. The number of nitrogens with zero attached hydrogens (tertiary/aromatic N) is 4. The maximum atomic E-state index is 14.5. The molecule has 1 aliphatic carbocycles. The van der Waals surface area contributed by atoms with Crippen LogP contribution in [0.1, 0.15) is 39.4 Å². The predicted molar refractivity (Wildman–Crippen MR) is 100.0 cm³/mol. The highest BCUT2D eigenvalue weighted by Gasteiger charge is 2.46. The summed E-state index contributed by atoms with van der Waals surface area (Å²) >= 11 is 0. The minimum atomic E-state index is -3.59. The quantitative estimate of drug-likeness (QED) is 0.376. The number of rotatable bonds is 5. The maximum absolute atomic E-state index is 14.5. The van der Waals surface area contributed by atoms with Crippen molar-refractivity contribution in [1.82, 2.24) is 19.9 Å². The van der Waals surface area contributed by atoms with Crippen LogP contribution in [0, 0.1) is 5.95 Å². The summed E-state index contributed by atoms with van der Waals surface area (Å²) in [7, 11) is 0. The summed E-state index contributed by atoms with van der Waals surface area (Å²) in [6.45, 7) is 5.26. The first kappa shape index (κ1) is 21.8. The fourth-order valence-corrected chi connectivity index (χ4v) is 2.54. The van der Waals surface area contributed by atoms with E-state index in [1.165, 1.54) is 12.3 Å². The molecule has 1 atom stereocenters. The van der Waals surface area contributed by atoms with E-state index in [2.05, 4.69) is 30.7 Å². The summed E-state index contributed by atoms with van der Waals surface area (Å²) in [6.07, 6.45) is -2.56. The predicted octanol–water partition coefficient (Wildman–Crippen LogP) is 3.76. The Labute approximate surface area is 169 Å². The molecule has 30 heavy (non-hydrogen) atoms. The van der Waals surface area contributed by atoms with Gasteiger partial charge in [-0.05, 0) is 33.3 Å². The number of anilines is 3. The van der Waals surface area contributed by atoms with E-state index in [1.807, 2.05) is 0 Å². The van der Waals surface area contributed by atoms with Crippen molar-refractivity contribution >= 4 is 23.2 Å². The third-order valence-electron chi connectivity index (χ3n) is 3.97. The lowest BCUT2D eigenvalue weighted by Gasteiger charge is -2.27. The summed E-state index contributed by atoms with van der Waals surface area (Å²) in [4.78, 5) is 20.9. The Kier molecular flexibility index (Phi) is 5.90. The van der Waals surface area contributed by atoms with Gasteiger partial charge in [0.2, 0.25) is 11.9 Å². The second-order valence-electron chi connectivity index (χ2n) is 7.61. The Morgan fingerprint density at radius 1 is 1.17 bits per heavy atom. The van der Waals surface area contributed by atoms with E-state index >= 15 is 0 Å². The van der Waals surface area contributed by atoms with Crippen LogP contribution in [0.15, 0.2) is 24.2 Å². The molecule has 0 saturated heterocycles. The summed E-state index contributed by atoms with van der Waals surface area (Å²) in [5.41, 5.74) is 1.83. The van der Waals surface area contributed by atoms with Gasteiger partial charge in [0.05, 0.1) is 5.60 Å². The van der Waals surface area contributed by atoms with Crippen molar-refractivity contribution in [2.45, 2.75) is 51.2 Å². The van der Waals surface area contributed by atoms with E-state index in [1.54, 1.807) is 20.8 Å². The van der Waals surface area contributed by atoms with Crippen LogP contribution in [0.3, 0.4) is 0 Å². The van der Waals surface area contributed by atoms with Crippen molar-refractivity contribution in [3.05, 3.63) is 35.9 Å². The van der Waals surface area contributed by atoms with Crippen LogP contribution in [0.2, 0.25) is 0 Å². The average Bonchev–Trinajstić information content (AvgIpc) is 2.64. The van der Waals surface area contributed by atoms with E-state index < -0.39 is 42.2 Å². The number of halogens is 4. The molecule has 12 heteroatoms. The lowest BCUT2D eigenvalue weighted by molar-refractivity contribution is -0.107. The fraction of sp³-hybridized carbons (Fsp3) is 0.444. The minimum absolute atomic E-state index is 0.127. The van der Waals surface area contributed by atoms with Gasteiger partial charge in [-0.15, -0.1) is 0 Å². The zero-order valence-corrected chi connectivity index (χ0v) is 16.4. The third-order valence-corrected chi connectivity index (χ3v) is 3.97. The second kappa shape index (κ2) is 8.11. The Bertz CT molecular complexity index is 964. The Hall–Kier alpha value is -2.86. The SMILES string of the molecule is CC(C)(C)ONc1nc(Nc2ccnc(F)c2)nc(C2=C(F)C(O)C(F)(F)CC2)n1. The standard InChI is InChI=1S/C18H20F4N6O2/c1-17(2,3)30-28-16-26-14(10-4-6-18(21,22)13(29)12(10)20)25-15(27-16)24-9-5-7-23-11(19)8-9/h5,7-8,13,29H,4,6H2,1-3H3,(H2,23,24,25,26,27,28). The van der Waals surface area contributed by atoms with Crippen molar-refractivity contribution in [3.8, 4) is 0 Å². The monoisotopic (exact) mass is 428 g/mol. The van der Waals surface area contributed by atoms with Crippen molar-refractivity contribution < 1.29 is 27.5 Å². The van der Waals surface area contributed by atoms with Gasteiger partial charge in [0.25, 0.3) is 11.9 Å². The summed E-state index contributed by atoms with van der Waals surface area (Å²) in [5, 5.41) is 12.3. The normalized spacial score (nSPS) is 19.0. The van der Waals surface area contributed by atoms with Crippen LogP contribution >= 0.6 is 0 Å². The molecular weight excluding hydrogens is 408 g/mol. The van der Waals surface area contributed by atoms with Crippen molar-refractivity contribution in [2.24, 2.45) is 0 Å². The van der Waals surface area contributed by atoms with Gasteiger partial charge in [0.15, 0.2) is 11.9 Å². The molecule has 1 aliphatic rings. The highest BCUT2D eigenvalue weighted by Crippen LogP contribution is 2.41. The molecule has 8 nitrogen and oxygen atoms in total. The summed E-state index contributed by atoms with van der Waals surface area (Å²) in [6, 6.07) is 2.52. The van der Waals surface area contributed by atoms with Gasteiger partial charge in [-0.3, -0.25) is 4.84 Å². The number of hydrogen-bond acceptors (Lipinski definition) is 8. The molecule has 0 radical (unpaired) electrons. The van der Waals surface area contributed by atoms with Crippen molar-refractivity contribution in [1.29, 1.82) is 0 Å². The zero-order chi connectivity index (χ0) is 22.1. The second-order valence-corrected chi connectivity index (χ2v) is 7.61. The van der Waals surface area contributed by atoms with Gasteiger partial charge in [0, 0.05) is 29.9 Å². The molecule has 2 heterocycles. The zero-order valence-electron chi connectivity index (χ0n) is 16.4. The lowest BCUT2D eigenvalue weighted by Crippen LogP contribution is -2.37. The number of aromatic nitrogens is 4. The molecule has 162 valence electrons.